The number of nitrogens with one attached hydrogen (secondary N) is 1. The van der Waals surface area contributed by atoms with E-state index in [-0.39, 0.29) is 5.91 Å². The maximum absolute atomic E-state index is 12.1. The van der Waals surface area contributed by atoms with Gasteiger partial charge in [0, 0.05) is 17.8 Å². The highest BCUT2D eigenvalue weighted by molar-refractivity contribution is 5.93. The molecule has 3 nitrogen and oxygen atoms in total. The van der Waals surface area contributed by atoms with Crippen molar-refractivity contribution in [2.24, 2.45) is 0 Å². The van der Waals surface area contributed by atoms with Crippen LogP contribution in [-0.2, 0) is 11.2 Å². The van der Waals surface area contributed by atoms with Gasteiger partial charge in [0.05, 0.1) is 0 Å². The summed E-state index contributed by atoms with van der Waals surface area (Å²) in [7, 11) is 0. The van der Waals surface area contributed by atoms with Crippen molar-refractivity contribution in [1.29, 1.82) is 0 Å². The standard InChI is InChI=1S/C18H22N2O/c1-12-5-4-6-15(11-12)8-10-17(21)20-18-13(2)7-9-16(19)14(18)3/h4-7,9,11H,8,10,19H2,1-3H3,(H,20,21). The number of hydrogen-bond acceptors (Lipinski definition) is 2. The quantitative estimate of drug-likeness (QED) is 0.839. The minimum Gasteiger partial charge on any atom is -0.398 e. The van der Waals surface area contributed by atoms with E-state index < -0.39 is 0 Å². The van der Waals surface area contributed by atoms with Gasteiger partial charge in [-0.25, -0.2) is 0 Å². The molecule has 0 saturated heterocycles. The van der Waals surface area contributed by atoms with E-state index in [0.717, 1.165) is 23.2 Å². The fourth-order valence-electron chi connectivity index (χ4n) is 2.38. The molecular formula is C18H22N2O. The summed E-state index contributed by atoms with van der Waals surface area (Å²) in [6.07, 6.45) is 1.21. The van der Waals surface area contributed by atoms with E-state index in [9.17, 15) is 4.79 Å². The second-order valence-corrected chi connectivity index (χ2v) is 5.51. The molecule has 0 heterocycles. The summed E-state index contributed by atoms with van der Waals surface area (Å²) in [5.74, 6) is 0.0216. The molecule has 110 valence electrons. The van der Waals surface area contributed by atoms with Crippen molar-refractivity contribution in [2.75, 3.05) is 11.1 Å². The second-order valence-electron chi connectivity index (χ2n) is 5.51. The van der Waals surface area contributed by atoms with Gasteiger partial charge in [-0.1, -0.05) is 35.9 Å². The molecule has 3 heteroatoms. The van der Waals surface area contributed by atoms with Crippen LogP contribution in [0.5, 0.6) is 0 Å². The Morgan fingerprint density at radius 3 is 2.62 bits per heavy atom. The van der Waals surface area contributed by atoms with Gasteiger partial charge in [0.25, 0.3) is 0 Å². The number of rotatable bonds is 4. The highest BCUT2D eigenvalue weighted by atomic mass is 16.1. The predicted octanol–water partition coefficient (Wildman–Crippen LogP) is 3.77. The maximum Gasteiger partial charge on any atom is 0.224 e. The largest absolute Gasteiger partial charge is 0.398 e. The maximum atomic E-state index is 12.1. The van der Waals surface area contributed by atoms with Crippen molar-refractivity contribution in [2.45, 2.75) is 33.6 Å². The van der Waals surface area contributed by atoms with Crippen molar-refractivity contribution in [3.05, 3.63) is 58.7 Å². The number of benzene rings is 2. The molecule has 0 aliphatic carbocycles. The smallest absolute Gasteiger partial charge is 0.224 e. The second kappa shape index (κ2) is 6.44. The lowest BCUT2D eigenvalue weighted by atomic mass is 10.1. The molecule has 2 aromatic carbocycles. The normalized spacial score (nSPS) is 10.4. The minimum atomic E-state index is 0.0216. The Morgan fingerprint density at radius 2 is 1.90 bits per heavy atom. The number of nitrogens with two attached hydrogens (primary N) is 1. The minimum absolute atomic E-state index is 0.0216. The van der Waals surface area contributed by atoms with Crippen LogP contribution in [0.2, 0.25) is 0 Å². The van der Waals surface area contributed by atoms with Crippen molar-refractivity contribution in [3.63, 3.8) is 0 Å². The highest BCUT2D eigenvalue weighted by Gasteiger charge is 2.09. The molecule has 0 atom stereocenters. The van der Waals surface area contributed by atoms with E-state index in [1.807, 2.05) is 32.0 Å². The first kappa shape index (κ1) is 15.1. The van der Waals surface area contributed by atoms with Crippen LogP contribution in [0.15, 0.2) is 36.4 Å². The van der Waals surface area contributed by atoms with Crippen LogP contribution in [0.4, 0.5) is 11.4 Å². The van der Waals surface area contributed by atoms with Gasteiger partial charge in [-0.2, -0.15) is 0 Å². The van der Waals surface area contributed by atoms with E-state index in [4.69, 9.17) is 5.73 Å². The fourth-order valence-corrected chi connectivity index (χ4v) is 2.38. The van der Waals surface area contributed by atoms with Gasteiger partial charge in [-0.3, -0.25) is 4.79 Å². The molecule has 0 aliphatic rings. The monoisotopic (exact) mass is 282 g/mol. The molecule has 0 aliphatic heterocycles. The summed E-state index contributed by atoms with van der Waals surface area (Å²) in [4.78, 5) is 12.1. The van der Waals surface area contributed by atoms with E-state index in [2.05, 4.69) is 30.4 Å². The zero-order chi connectivity index (χ0) is 15.4. The number of nitrogen functional groups attached to an aromatic ring is 1. The lowest BCUT2D eigenvalue weighted by Gasteiger charge is -2.13. The molecular weight excluding hydrogens is 260 g/mol. The third-order valence-electron chi connectivity index (χ3n) is 3.70. The summed E-state index contributed by atoms with van der Waals surface area (Å²) < 4.78 is 0. The molecule has 0 spiro atoms. The van der Waals surface area contributed by atoms with Crippen molar-refractivity contribution < 1.29 is 4.79 Å². The highest BCUT2D eigenvalue weighted by Crippen LogP contribution is 2.25. The Hall–Kier alpha value is -2.29. The van der Waals surface area contributed by atoms with Gasteiger partial charge in [0.1, 0.15) is 0 Å². The van der Waals surface area contributed by atoms with E-state index in [1.165, 1.54) is 11.1 Å². The van der Waals surface area contributed by atoms with Crippen LogP contribution in [0.1, 0.15) is 28.7 Å². The first-order valence-electron chi connectivity index (χ1n) is 7.18. The Balaban J connectivity index is 2.01. The van der Waals surface area contributed by atoms with Crippen LogP contribution in [0.3, 0.4) is 0 Å². The van der Waals surface area contributed by atoms with E-state index in [0.29, 0.717) is 12.1 Å². The Labute approximate surface area is 126 Å². The van der Waals surface area contributed by atoms with Crippen molar-refractivity contribution in [3.8, 4) is 0 Å². The molecule has 0 aromatic heterocycles. The van der Waals surface area contributed by atoms with Crippen LogP contribution >= 0.6 is 0 Å². The van der Waals surface area contributed by atoms with Gasteiger partial charge in [-0.05, 0) is 49.9 Å². The average molecular weight is 282 g/mol. The first-order chi connectivity index (χ1) is 9.97. The molecule has 2 aromatic rings. The van der Waals surface area contributed by atoms with Crippen molar-refractivity contribution in [1.82, 2.24) is 0 Å². The molecule has 21 heavy (non-hydrogen) atoms. The van der Waals surface area contributed by atoms with E-state index in [1.54, 1.807) is 0 Å². The average Bonchev–Trinajstić information content (AvgIpc) is 2.46. The number of carbonyl (C=O) groups is 1. The summed E-state index contributed by atoms with van der Waals surface area (Å²) >= 11 is 0. The van der Waals surface area contributed by atoms with Gasteiger partial charge in [0.2, 0.25) is 5.91 Å². The Morgan fingerprint density at radius 1 is 1.14 bits per heavy atom. The van der Waals surface area contributed by atoms with Gasteiger partial charge in [0.15, 0.2) is 0 Å². The van der Waals surface area contributed by atoms with Crippen LogP contribution in [0.25, 0.3) is 0 Å². The number of aryl methyl sites for hydroxylation is 3. The van der Waals surface area contributed by atoms with Crippen molar-refractivity contribution >= 4 is 17.3 Å². The molecule has 0 fully saturated rings. The molecule has 3 N–H and O–H groups in total. The molecule has 2 rings (SSSR count). The summed E-state index contributed by atoms with van der Waals surface area (Å²) in [5.41, 5.74) is 11.8. The first-order valence-corrected chi connectivity index (χ1v) is 7.18. The molecule has 0 saturated carbocycles. The number of anilines is 2. The molecule has 0 unspecified atom stereocenters. The molecule has 0 radical (unpaired) electrons. The van der Waals surface area contributed by atoms with Gasteiger partial charge < -0.3 is 11.1 Å². The molecule has 1 amide bonds. The number of hydrogen-bond donors (Lipinski definition) is 2. The lowest BCUT2D eigenvalue weighted by Crippen LogP contribution is -2.14. The number of carbonyl (C=O) groups excluding carboxylic acids is 1. The summed E-state index contributed by atoms with van der Waals surface area (Å²) in [6.45, 7) is 5.96. The van der Waals surface area contributed by atoms with Gasteiger partial charge in [-0.15, -0.1) is 0 Å². The third-order valence-corrected chi connectivity index (χ3v) is 3.70. The summed E-state index contributed by atoms with van der Waals surface area (Å²) in [6, 6.07) is 12.0. The predicted molar refractivity (Wildman–Crippen MR) is 88.5 cm³/mol. The Kier molecular flexibility index (Phi) is 4.63. The third kappa shape index (κ3) is 3.85. The lowest BCUT2D eigenvalue weighted by molar-refractivity contribution is -0.116. The van der Waals surface area contributed by atoms with E-state index >= 15 is 0 Å². The van der Waals surface area contributed by atoms with Gasteiger partial charge >= 0.3 is 0 Å². The fraction of sp³-hybridized carbons (Fsp3) is 0.278. The zero-order valence-corrected chi connectivity index (χ0v) is 12.9. The number of amides is 1. The zero-order valence-electron chi connectivity index (χ0n) is 12.9. The SMILES string of the molecule is Cc1cccc(CCC(=O)Nc2c(C)ccc(N)c2C)c1. The molecule has 0 bridgehead atoms. The van der Waals surface area contributed by atoms with Crippen LogP contribution < -0.4 is 11.1 Å². The van der Waals surface area contributed by atoms with Crippen LogP contribution in [0, 0.1) is 20.8 Å². The topological polar surface area (TPSA) is 55.1 Å². The van der Waals surface area contributed by atoms with Crippen LogP contribution in [-0.4, -0.2) is 5.91 Å². The Bertz CT molecular complexity index is 662. The summed E-state index contributed by atoms with van der Waals surface area (Å²) in [5, 5.41) is 2.99.